The molecule has 8 heteroatoms. The second-order valence-corrected chi connectivity index (χ2v) is 8.15. The first-order chi connectivity index (χ1) is 14.6. The van der Waals surface area contributed by atoms with Gasteiger partial charge in [-0.05, 0) is 49.4 Å². The third-order valence-corrected chi connectivity index (χ3v) is 5.73. The Balaban J connectivity index is 1.29. The van der Waals surface area contributed by atoms with Gasteiger partial charge in [0.2, 0.25) is 11.7 Å². The van der Waals surface area contributed by atoms with Gasteiger partial charge in [0.05, 0.1) is 18.7 Å². The minimum atomic E-state index is -2.92. The SMILES string of the molecule is CC1CC1c1ccc(CN(Cc2nc(-c3ccccc3OC(F)F)no2)C2CC2)o1. The van der Waals surface area contributed by atoms with E-state index >= 15 is 0 Å². The number of benzene rings is 1. The summed E-state index contributed by atoms with van der Waals surface area (Å²) in [7, 11) is 0. The van der Waals surface area contributed by atoms with Gasteiger partial charge in [-0.1, -0.05) is 24.2 Å². The van der Waals surface area contributed by atoms with Crippen molar-refractivity contribution in [1.29, 1.82) is 0 Å². The summed E-state index contributed by atoms with van der Waals surface area (Å²) in [5.41, 5.74) is 0.375. The Bertz CT molecular complexity index is 1010. The van der Waals surface area contributed by atoms with E-state index in [1.165, 1.54) is 12.5 Å². The molecule has 0 bridgehead atoms. The number of rotatable bonds is 9. The molecule has 0 radical (unpaired) electrons. The van der Waals surface area contributed by atoms with Crippen LogP contribution in [0.1, 0.15) is 49.5 Å². The summed E-state index contributed by atoms with van der Waals surface area (Å²) < 4.78 is 41.4. The Labute approximate surface area is 172 Å². The molecule has 5 rings (SSSR count). The molecule has 30 heavy (non-hydrogen) atoms. The number of halogens is 2. The van der Waals surface area contributed by atoms with Crippen molar-refractivity contribution < 1.29 is 22.5 Å². The first-order valence-electron chi connectivity index (χ1n) is 10.3. The zero-order chi connectivity index (χ0) is 20.7. The van der Waals surface area contributed by atoms with Crippen LogP contribution in [0.2, 0.25) is 0 Å². The summed E-state index contributed by atoms with van der Waals surface area (Å²) in [4.78, 5) is 6.68. The van der Waals surface area contributed by atoms with Crippen molar-refractivity contribution in [3.05, 3.63) is 53.8 Å². The largest absolute Gasteiger partial charge is 0.464 e. The number of para-hydroxylation sites is 1. The number of hydrogen-bond acceptors (Lipinski definition) is 6. The lowest BCUT2D eigenvalue weighted by Crippen LogP contribution is -2.25. The van der Waals surface area contributed by atoms with E-state index in [1.54, 1.807) is 18.2 Å². The van der Waals surface area contributed by atoms with Gasteiger partial charge in [-0.3, -0.25) is 4.90 Å². The molecule has 2 saturated carbocycles. The monoisotopic (exact) mass is 415 g/mol. The lowest BCUT2D eigenvalue weighted by Gasteiger charge is -2.18. The van der Waals surface area contributed by atoms with Crippen LogP contribution in [0.15, 0.2) is 45.3 Å². The van der Waals surface area contributed by atoms with Crippen LogP contribution in [0.5, 0.6) is 5.75 Å². The van der Waals surface area contributed by atoms with E-state index in [2.05, 4.69) is 32.8 Å². The second kappa shape index (κ2) is 7.83. The zero-order valence-corrected chi connectivity index (χ0v) is 16.6. The number of ether oxygens (including phenoxy) is 1. The topological polar surface area (TPSA) is 64.5 Å². The van der Waals surface area contributed by atoms with Crippen molar-refractivity contribution in [2.75, 3.05) is 0 Å². The maximum absolute atomic E-state index is 12.7. The standard InChI is InChI=1S/C22H23F2N3O3/c1-13-10-17(13)19-9-8-15(28-19)11-27(14-6-7-14)12-20-25-21(26-30-20)16-4-2-3-5-18(16)29-22(23)24/h2-5,8-9,13-14,17,22H,6-7,10-12H2,1H3. The lowest BCUT2D eigenvalue weighted by atomic mass is 10.2. The molecule has 2 heterocycles. The van der Waals surface area contributed by atoms with E-state index in [-0.39, 0.29) is 11.6 Å². The van der Waals surface area contributed by atoms with Crippen molar-refractivity contribution in [1.82, 2.24) is 15.0 Å². The summed E-state index contributed by atoms with van der Waals surface area (Å²) in [6.45, 7) is 0.473. The van der Waals surface area contributed by atoms with Gasteiger partial charge in [0.15, 0.2) is 0 Å². The molecule has 2 aliphatic rings. The fourth-order valence-corrected chi connectivity index (χ4v) is 3.80. The molecular formula is C22H23F2N3O3. The van der Waals surface area contributed by atoms with Gasteiger partial charge in [0.1, 0.15) is 17.3 Å². The van der Waals surface area contributed by atoms with Crippen LogP contribution in [0, 0.1) is 5.92 Å². The minimum absolute atomic E-state index is 0.0244. The molecule has 3 aromatic rings. The Morgan fingerprint density at radius 1 is 1.17 bits per heavy atom. The van der Waals surface area contributed by atoms with E-state index < -0.39 is 6.61 Å². The highest BCUT2D eigenvalue weighted by Gasteiger charge is 2.37. The molecule has 2 unspecified atom stereocenters. The average molecular weight is 415 g/mol. The van der Waals surface area contributed by atoms with Crippen LogP contribution in [0.4, 0.5) is 8.78 Å². The summed E-state index contributed by atoms with van der Waals surface area (Å²) in [5, 5.41) is 3.98. The van der Waals surface area contributed by atoms with Gasteiger partial charge in [0, 0.05) is 12.0 Å². The third kappa shape index (κ3) is 4.23. The van der Waals surface area contributed by atoms with Crippen molar-refractivity contribution in [2.45, 2.75) is 57.8 Å². The molecular weight excluding hydrogens is 392 g/mol. The molecule has 1 aromatic carbocycles. The number of alkyl halides is 2. The smallest absolute Gasteiger partial charge is 0.387 e. The normalized spacial score (nSPS) is 20.8. The van der Waals surface area contributed by atoms with Gasteiger partial charge in [-0.15, -0.1) is 0 Å². The molecule has 2 aliphatic carbocycles. The van der Waals surface area contributed by atoms with Gasteiger partial charge in [0.25, 0.3) is 0 Å². The maximum Gasteiger partial charge on any atom is 0.387 e. The predicted octanol–water partition coefficient (Wildman–Crippen LogP) is 5.22. The van der Waals surface area contributed by atoms with Crippen LogP contribution < -0.4 is 4.74 Å². The molecule has 0 N–H and O–H groups in total. The highest BCUT2D eigenvalue weighted by atomic mass is 19.3. The van der Waals surface area contributed by atoms with E-state index in [9.17, 15) is 8.78 Å². The van der Waals surface area contributed by atoms with E-state index in [0.717, 1.165) is 24.4 Å². The molecule has 2 atom stereocenters. The summed E-state index contributed by atoms with van der Waals surface area (Å²) >= 11 is 0. The predicted molar refractivity (Wildman–Crippen MR) is 104 cm³/mol. The van der Waals surface area contributed by atoms with Crippen LogP contribution in [-0.2, 0) is 13.1 Å². The fourth-order valence-electron chi connectivity index (χ4n) is 3.80. The van der Waals surface area contributed by atoms with Crippen molar-refractivity contribution in [2.24, 2.45) is 5.92 Å². The van der Waals surface area contributed by atoms with E-state index in [4.69, 9.17) is 8.94 Å². The maximum atomic E-state index is 12.7. The van der Waals surface area contributed by atoms with Crippen LogP contribution >= 0.6 is 0 Å². The third-order valence-electron chi connectivity index (χ3n) is 5.73. The average Bonchev–Trinajstić information content (AvgIpc) is 3.60. The molecule has 0 amide bonds. The van der Waals surface area contributed by atoms with Crippen molar-refractivity contribution >= 4 is 0 Å². The first-order valence-corrected chi connectivity index (χ1v) is 10.3. The Morgan fingerprint density at radius 2 is 1.97 bits per heavy atom. The summed E-state index contributed by atoms with van der Waals surface area (Å²) in [6.07, 6.45) is 3.44. The summed E-state index contributed by atoms with van der Waals surface area (Å²) in [6, 6.07) is 11.0. The van der Waals surface area contributed by atoms with Gasteiger partial charge >= 0.3 is 6.61 Å². The van der Waals surface area contributed by atoms with E-state index in [1.807, 2.05) is 6.07 Å². The first kappa shape index (κ1) is 19.2. The van der Waals surface area contributed by atoms with Crippen molar-refractivity contribution in [3.63, 3.8) is 0 Å². The van der Waals surface area contributed by atoms with Gasteiger partial charge < -0.3 is 13.7 Å². The molecule has 158 valence electrons. The molecule has 2 fully saturated rings. The molecule has 0 saturated heterocycles. The summed E-state index contributed by atoms with van der Waals surface area (Å²) in [5.74, 6) is 3.97. The fraction of sp³-hybridized carbons (Fsp3) is 0.455. The number of furan rings is 1. The number of hydrogen-bond donors (Lipinski definition) is 0. The van der Waals surface area contributed by atoms with Gasteiger partial charge in [-0.25, -0.2) is 0 Å². The Hall–Kier alpha value is -2.74. The Morgan fingerprint density at radius 3 is 2.70 bits per heavy atom. The quantitative estimate of drug-likeness (QED) is 0.477. The van der Waals surface area contributed by atoms with Crippen molar-refractivity contribution in [3.8, 4) is 17.1 Å². The molecule has 0 spiro atoms. The zero-order valence-electron chi connectivity index (χ0n) is 16.6. The second-order valence-electron chi connectivity index (χ2n) is 8.15. The van der Waals surface area contributed by atoms with Crippen LogP contribution in [-0.4, -0.2) is 27.7 Å². The van der Waals surface area contributed by atoms with Gasteiger partial charge in [-0.2, -0.15) is 13.8 Å². The lowest BCUT2D eigenvalue weighted by molar-refractivity contribution is -0.0494. The highest BCUT2D eigenvalue weighted by Crippen LogP contribution is 2.47. The molecule has 2 aromatic heterocycles. The van der Waals surface area contributed by atoms with Crippen LogP contribution in [0.25, 0.3) is 11.4 Å². The minimum Gasteiger partial charge on any atom is -0.464 e. The number of nitrogens with zero attached hydrogens (tertiary/aromatic N) is 3. The van der Waals surface area contributed by atoms with Crippen LogP contribution in [0.3, 0.4) is 0 Å². The Kier molecular flexibility index (Phi) is 5.02. The van der Waals surface area contributed by atoms with E-state index in [0.29, 0.717) is 42.4 Å². The number of aromatic nitrogens is 2. The highest BCUT2D eigenvalue weighted by molar-refractivity contribution is 5.63. The molecule has 0 aliphatic heterocycles. The molecule has 6 nitrogen and oxygen atoms in total.